The van der Waals surface area contributed by atoms with Gasteiger partial charge in [-0.05, 0) is 24.8 Å². The van der Waals surface area contributed by atoms with Crippen LogP contribution >= 0.6 is 11.8 Å². The number of nitrogen functional groups attached to an aromatic ring is 1. The van der Waals surface area contributed by atoms with Crippen molar-refractivity contribution in [2.24, 2.45) is 0 Å². The zero-order valence-corrected chi connectivity index (χ0v) is 18.5. The summed E-state index contributed by atoms with van der Waals surface area (Å²) < 4.78 is 1.27. The fourth-order valence-corrected chi connectivity index (χ4v) is 4.09. The molecule has 10 nitrogen and oxygen atoms in total. The van der Waals surface area contributed by atoms with E-state index in [0.717, 1.165) is 24.2 Å². The second-order valence-corrected chi connectivity index (χ2v) is 8.62. The molecular weight excluding hydrogens is 430 g/mol. The third-order valence-electron chi connectivity index (χ3n) is 5.19. The predicted molar refractivity (Wildman–Crippen MR) is 123 cm³/mol. The Morgan fingerprint density at radius 3 is 2.72 bits per heavy atom. The van der Waals surface area contributed by atoms with Gasteiger partial charge in [0.1, 0.15) is 11.6 Å². The predicted octanol–water partition coefficient (Wildman–Crippen LogP) is 1.70. The summed E-state index contributed by atoms with van der Waals surface area (Å²) in [5, 5.41) is 7.56. The normalized spacial score (nSPS) is 13.3. The topological polar surface area (TPSA) is 143 Å². The van der Waals surface area contributed by atoms with E-state index < -0.39 is 11.2 Å². The van der Waals surface area contributed by atoms with Gasteiger partial charge in [-0.15, -0.1) is 5.10 Å². The van der Waals surface area contributed by atoms with Crippen molar-refractivity contribution in [1.82, 2.24) is 24.7 Å². The first-order valence-electron chi connectivity index (χ1n) is 10.5. The van der Waals surface area contributed by atoms with Gasteiger partial charge in [-0.2, -0.15) is 0 Å². The van der Waals surface area contributed by atoms with Crippen molar-refractivity contribution >= 4 is 29.2 Å². The number of benzene rings is 1. The average Bonchev–Trinajstić information content (AvgIpc) is 3.53. The number of anilines is 2. The van der Waals surface area contributed by atoms with E-state index in [1.807, 2.05) is 37.3 Å². The number of amides is 1. The second kappa shape index (κ2) is 9.43. The largest absolute Gasteiger partial charge is 0.383 e. The molecule has 1 amide bonds. The van der Waals surface area contributed by atoms with Gasteiger partial charge >= 0.3 is 5.69 Å². The zero-order valence-electron chi connectivity index (χ0n) is 17.7. The number of rotatable bonds is 9. The lowest BCUT2D eigenvalue weighted by Gasteiger charge is -2.24. The Balaban J connectivity index is 1.58. The van der Waals surface area contributed by atoms with Crippen molar-refractivity contribution in [3.8, 4) is 0 Å². The third kappa shape index (κ3) is 4.77. The van der Waals surface area contributed by atoms with Crippen molar-refractivity contribution in [1.29, 1.82) is 0 Å². The number of carbonyl (C=O) groups is 1. The maximum absolute atomic E-state index is 13.1. The van der Waals surface area contributed by atoms with E-state index in [0.29, 0.717) is 17.5 Å². The maximum Gasteiger partial charge on any atom is 0.330 e. The minimum Gasteiger partial charge on any atom is -0.383 e. The molecule has 4 N–H and O–H groups in total. The smallest absolute Gasteiger partial charge is 0.330 e. The molecule has 168 valence electrons. The number of aromatic amines is 2. The number of nitrogens with one attached hydrogen (secondary N) is 2. The lowest BCUT2D eigenvalue weighted by Crippen LogP contribution is -2.42. The second-order valence-electron chi connectivity index (χ2n) is 7.68. The van der Waals surface area contributed by atoms with Crippen LogP contribution in [0, 0.1) is 0 Å². The Morgan fingerprint density at radius 2 is 2.03 bits per heavy atom. The molecule has 0 bridgehead atoms. The van der Waals surface area contributed by atoms with Gasteiger partial charge in [0, 0.05) is 12.5 Å². The van der Waals surface area contributed by atoms with Crippen LogP contribution in [0.5, 0.6) is 0 Å². The number of H-pyrrole nitrogens is 2. The van der Waals surface area contributed by atoms with Crippen LogP contribution in [-0.2, 0) is 11.3 Å². The summed E-state index contributed by atoms with van der Waals surface area (Å²) in [7, 11) is 0. The minimum atomic E-state index is -0.683. The van der Waals surface area contributed by atoms with E-state index in [2.05, 4.69) is 20.2 Å². The van der Waals surface area contributed by atoms with Crippen molar-refractivity contribution in [3.63, 3.8) is 0 Å². The van der Waals surface area contributed by atoms with Gasteiger partial charge in [-0.3, -0.25) is 24.2 Å². The lowest BCUT2D eigenvalue weighted by atomic mass is 10.2. The van der Waals surface area contributed by atoms with Crippen LogP contribution in [0.25, 0.3) is 0 Å². The highest BCUT2D eigenvalue weighted by Gasteiger charge is 2.28. The molecule has 0 atom stereocenters. The summed E-state index contributed by atoms with van der Waals surface area (Å²) in [5.41, 5.74) is 5.80. The molecular formula is C21H25N7O3S. The highest BCUT2D eigenvalue weighted by Crippen LogP contribution is 2.38. The Hall–Kier alpha value is -3.34. The number of hydrogen-bond donors (Lipinski definition) is 3. The molecule has 2 heterocycles. The fraction of sp³-hybridized carbons (Fsp3) is 0.381. The standard InChI is InChI=1S/C21H25N7O3S/c1-2-10-27(15(29)12-32-20-23-18(25-26-20)14-8-9-14)16-17(22)28(21(31)24-19(16)30)11-13-6-4-3-5-7-13/h3-7,14H,2,8-12,22H2,1H3,(H,23,25,26)(H,24,30,31). The van der Waals surface area contributed by atoms with E-state index in [9.17, 15) is 14.4 Å². The van der Waals surface area contributed by atoms with Crippen molar-refractivity contribution in [3.05, 3.63) is 62.6 Å². The van der Waals surface area contributed by atoms with Crippen LogP contribution in [0.15, 0.2) is 45.1 Å². The van der Waals surface area contributed by atoms with E-state index in [1.54, 1.807) is 0 Å². The molecule has 0 unspecified atom stereocenters. The molecule has 1 saturated carbocycles. The Morgan fingerprint density at radius 1 is 1.28 bits per heavy atom. The molecule has 2 aromatic heterocycles. The van der Waals surface area contributed by atoms with Crippen LogP contribution in [0.2, 0.25) is 0 Å². The lowest BCUT2D eigenvalue weighted by molar-refractivity contribution is -0.116. The number of aromatic nitrogens is 5. The third-order valence-corrected chi connectivity index (χ3v) is 6.02. The van der Waals surface area contributed by atoms with Gasteiger partial charge in [0.2, 0.25) is 11.1 Å². The first-order valence-corrected chi connectivity index (χ1v) is 11.5. The number of nitrogens with two attached hydrogens (primary N) is 1. The number of nitrogens with zero attached hydrogens (tertiary/aromatic N) is 4. The van der Waals surface area contributed by atoms with Gasteiger partial charge < -0.3 is 10.6 Å². The molecule has 3 aromatic rings. The molecule has 32 heavy (non-hydrogen) atoms. The number of hydrogen-bond acceptors (Lipinski definition) is 7. The zero-order chi connectivity index (χ0) is 22.7. The first-order chi connectivity index (χ1) is 15.5. The van der Waals surface area contributed by atoms with E-state index >= 15 is 0 Å². The van der Waals surface area contributed by atoms with Crippen LogP contribution in [0.3, 0.4) is 0 Å². The molecule has 0 saturated heterocycles. The minimum absolute atomic E-state index is 0.0124. The molecule has 1 aliphatic rings. The summed E-state index contributed by atoms with van der Waals surface area (Å²) in [5.74, 6) is 0.978. The average molecular weight is 456 g/mol. The summed E-state index contributed by atoms with van der Waals surface area (Å²) in [6.07, 6.45) is 2.81. The van der Waals surface area contributed by atoms with Gasteiger partial charge in [0.25, 0.3) is 5.56 Å². The summed E-state index contributed by atoms with van der Waals surface area (Å²) in [6.45, 7) is 2.37. The van der Waals surface area contributed by atoms with E-state index in [1.165, 1.54) is 21.2 Å². The summed E-state index contributed by atoms with van der Waals surface area (Å²) in [4.78, 5) is 46.2. The van der Waals surface area contributed by atoms with Crippen LogP contribution in [0.4, 0.5) is 11.5 Å². The molecule has 1 fully saturated rings. The Labute approximate surface area is 188 Å². The molecule has 1 aliphatic carbocycles. The number of carbonyl (C=O) groups excluding carboxylic acids is 1. The molecule has 4 rings (SSSR count). The van der Waals surface area contributed by atoms with Gasteiger partial charge in [-0.25, -0.2) is 9.78 Å². The quantitative estimate of drug-likeness (QED) is 0.417. The molecule has 1 aromatic carbocycles. The summed E-state index contributed by atoms with van der Waals surface area (Å²) in [6, 6.07) is 9.29. The van der Waals surface area contributed by atoms with E-state index in [-0.39, 0.29) is 36.3 Å². The van der Waals surface area contributed by atoms with Gasteiger partial charge in [-0.1, -0.05) is 49.0 Å². The summed E-state index contributed by atoms with van der Waals surface area (Å²) >= 11 is 1.20. The fourth-order valence-electron chi connectivity index (χ4n) is 3.41. The highest BCUT2D eigenvalue weighted by molar-refractivity contribution is 7.99. The van der Waals surface area contributed by atoms with Gasteiger partial charge in [0.05, 0.1) is 12.3 Å². The van der Waals surface area contributed by atoms with Crippen LogP contribution in [-0.4, -0.2) is 42.9 Å². The Bertz CT molecular complexity index is 1210. The maximum atomic E-state index is 13.1. The monoisotopic (exact) mass is 455 g/mol. The van der Waals surface area contributed by atoms with Crippen molar-refractivity contribution < 1.29 is 4.79 Å². The van der Waals surface area contributed by atoms with Gasteiger partial charge in [0.15, 0.2) is 5.69 Å². The number of thioether (sulfide) groups is 1. The molecule has 0 aliphatic heterocycles. The Kier molecular flexibility index (Phi) is 6.45. The first kappa shape index (κ1) is 21.9. The highest BCUT2D eigenvalue weighted by atomic mass is 32.2. The van der Waals surface area contributed by atoms with Crippen LogP contribution < -0.4 is 21.9 Å². The van der Waals surface area contributed by atoms with Crippen LogP contribution in [0.1, 0.15) is 43.5 Å². The molecule has 11 heteroatoms. The molecule has 0 radical (unpaired) electrons. The SMILES string of the molecule is CCCN(C(=O)CSc1n[nH]c(C2CC2)n1)c1c(N)n(Cc2ccccc2)c(=O)[nH]c1=O. The van der Waals surface area contributed by atoms with E-state index in [4.69, 9.17) is 5.73 Å². The molecule has 0 spiro atoms. The van der Waals surface area contributed by atoms with Crippen molar-refractivity contribution in [2.75, 3.05) is 22.9 Å². The van der Waals surface area contributed by atoms with Crippen molar-refractivity contribution in [2.45, 2.75) is 43.8 Å².